The van der Waals surface area contributed by atoms with Crippen LogP contribution in [-0.4, -0.2) is 30.2 Å². The fraction of sp³-hybridized carbons (Fsp3) is 0.100. The zero-order valence-electron chi connectivity index (χ0n) is 14.6. The van der Waals surface area contributed by atoms with Crippen molar-refractivity contribution in [2.45, 2.75) is 13.1 Å². The number of pyridine rings is 1. The second-order valence-electron chi connectivity index (χ2n) is 6.14. The Balaban J connectivity index is 1.37. The number of hydrogen-bond donors (Lipinski definition) is 1. The van der Waals surface area contributed by atoms with Crippen LogP contribution in [0.3, 0.4) is 0 Å². The summed E-state index contributed by atoms with van der Waals surface area (Å²) >= 11 is 0. The summed E-state index contributed by atoms with van der Waals surface area (Å²) in [5, 5.41) is 7.22. The van der Waals surface area contributed by atoms with Crippen LogP contribution in [0.15, 0.2) is 79.8 Å². The van der Waals surface area contributed by atoms with Crippen molar-refractivity contribution in [3.8, 4) is 0 Å². The van der Waals surface area contributed by atoms with Gasteiger partial charge in [-0.2, -0.15) is 5.10 Å². The van der Waals surface area contributed by atoms with Gasteiger partial charge in [0.1, 0.15) is 0 Å². The van der Waals surface area contributed by atoms with Gasteiger partial charge in [0.25, 0.3) is 5.91 Å². The lowest BCUT2D eigenvalue weighted by Crippen LogP contribution is -2.13. The Kier molecular flexibility index (Phi) is 4.74. The first-order valence-corrected chi connectivity index (χ1v) is 8.55. The van der Waals surface area contributed by atoms with Gasteiger partial charge in [0.05, 0.1) is 12.9 Å². The van der Waals surface area contributed by atoms with E-state index in [0.717, 1.165) is 17.7 Å². The first kappa shape index (κ1) is 16.7. The molecule has 3 heterocycles. The molecule has 4 rings (SSSR count). The largest absolute Gasteiger partial charge is 0.333 e. The number of carbonyl (C=O) groups is 1. The number of anilines is 1. The van der Waals surface area contributed by atoms with E-state index in [1.54, 1.807) is 35.7 Å². The molecule has 7 nitrogen and oxygen atoms in total. The molecule has 0 unspecified atom stereocenters. The third kappa shape index (κ3) is 4.27. The minimum Gasteiger partial charge on any atom is -0.333 e. The third-order valence-electron chi connectivity index (χ3n) is 4.12. The molecule has 0 fully saturated rings. The molecule has 0 bridgehead atoms. The fourth-order valence-electron chi connectivity index (χ4n) is 2.73. The van der Waals surface area contributed by atoms with Crippen molar-refractivity contribution >= 4 is 11.7 Å². The van der Waals surface area contributed by atoms with E-state index in [1.807, 2.05) is 53.4 Å². The molecule has 0 radical (unpaired) electrons. The molecule has 0 aliphatic carbocycles. The topological polar surface area (TPSA) is 77.6 Å². The van der Waals surface area contributed by atoms with Gasteiger partial charge < -0.3 is 9.88 Å². The zero-order chi connectivity index (χ0) is 18.5. The normalized spacial score (nSPS) is 10.7. The van der Waals surface area contributed by atoms with Crippen LogP contribution in [-0.2, 0) is 13.1 Å². The van der Waals surface area contributed by atoms with Gasteiger partial charge in [0.15, 0.2) is 5.82 Å². The quantitative estimate of drug-likeness (QED) is 0.575. The first-order valence-electron chi connectivity index (χ1n) is 8.55. The van der Waals surface area contributed by atoms with E-state index >= 15 is 0 Å². The smallest absolute Gasteiger partial charge is 0.256 e. The molecule has 0 aliphatic heterocycles. The number of imidazole rings is 1. The SMILES string of the molecule is O=C(Nc1ccn(Cc2ccncc2)n1)c1ccc(Cn2ccnc2)cc1. The van der Waals surface area contributed by atoms with Crippen LogP contribution < -0.4 is 5.32 Å². The molecule has 0 saturated heterocycles. The Morgan fingerprint density at radius 3 is 2.37 bits per heavy atom. The van der Waals surface area contributed by atoms with E-state index in [1.165, 1.54) is 0 Å². The number of benzene rings is 1. The maximum Gasteiger partial charge on any atom is 0.256 e. The van der Waals surface area contributed by atoms with Gasteiger partial charge in [-0.15, -0.1) is 0 Å². The highest BCUT2D eigenvalue weighted by molar-refractivity contribution is 6.03. The number of carbonyl (C=O) groups excluding carboxylic acids is 1. The molecule has 134 valence electrons. The molecule has 7 heteroatoms. The van der Waals surface area contributed by atoms with Gasteiger partial charge in [-0.25, -0.2) is 4.98 Å². The Morgan fingerprint density at radius 1 is 0.852 bits per heavy atom. The van der Waals surface area contributed by atoms with Crippen LogP contribution in [0.4, 0.5) is 5.82 Å². The summed E-state index contributed by atoms with van der Waals surface area (Å²) in [6, 6.07) is 13.2. The minimum atomic E-state index is -0.182. The molecule has 0 saturated carbocycles. The molecule has 0 aliphatic rings. The summed E-state index contributed by atoms with van der Waals surface area (Å²) in [5.41, 5.74) is 2.79. The van der Waals surface area contributed by atoms with E-state index in [4.69, 9.17) is 0 Å². The van der Waals surface area contributed by atoms with Crippen molar-refractivity contribution in [1.82, 2.24) is 24.3 Å². The van der Waals surface area contributed by atoms with Crippen LogP contribution in [0.1, 0.15) is 21.5 Å². The molecule has 27 heavy (non-hydrogen) atoms. The maximum absolute atomic E-state index is 12.4. The second-order valence-corrected chi connectivity index (χ2v) is 6.14. The van der Waals surface area contributed by atoms with E-state index in [0.29, 0.717) is 17.9 Å². The van der Waals surface area contributed by atoms with E-state index in [-0.39, 0.29) is 5.91 Å². The second kappa shape index (κ2) is 7.65. The van der Waals surface area contributed by atoms with Gasteiger partial charge >= 0.3 is 0 Å². The highest BCUT2D eigenvalue weighted by atomic mass is 16.1. The Hall–Kier alpha value is -3.74. The Labute approximate surface area is 156 Å². The van der Waals surface area contributed by atoms with Gasteiger partial charge in [-0.05, 0) is 35.4 Å². The first-order chi connectivity index (χ1) is 13.3. The summed E-state index contributed by atoms with van der Waals surface area (Å²) in [6.07, 6.45) is 10.8. The van der Waals surface area contributed by atoms with Crippen molar-refractivity contribution in [1.29, 1.82) is 0 Å². The molecule has 4 aromatic rings. The van der Waals surface area contributed by atoms with Crippen molar-refractivity contribution in [2.75, 3.05) is 5.32 Å². The number of amides is 1. The predicted octanol–water partition coefficient (Wildman–Crippen LogP) is 2.82. The number of nitrogens with one attached hydrogen (secondary N) is 1. The molecule has 1 aromatic carbocycles. The summed E-state index contributed by atoms with van der Waals surface area (Å²) < 4.78 is 3.75. The summed E-state index contributed by atoms with van der Waals surface area (Å²) in [5.74, 6) is 0.342. The van der Waals surface area contributed by atoms with Gasteiger partial charge in [0, 0.05) is 49.2 Å². The van der Waals surface area contributed by atoms with Crippen LogP contribution in [0.25, 0.3) is 0 Å². The molecular formula is C20H18N6O. The van der Waals surface area contributed by atoms with E-state index < -0.39 is 0 Å². The Bertz CT molecular complexity index is 1010. The molecule has 1 N–H and O–H groups in total. The molecular weight excluding hydrogens is 340 g/mol. The van der Waals surface area contributed by atoms with Crippen molar-refractivity contribution in [3.05, 3.63) is 96.5 Å². The summed E-state index contributed by atoms with van der Waals surface area (Å²) in [7, 11) is 0. The average molecular weight is 358 g/mol. The number of rotatable bonds is 6. The maximum atomic E-state index is 12.4. The average Bonchev–Trinajstić information content (AvgIpc) is 3.35. The molecule has 0 spiro atoms. The van der Waals surface area contributed by atoms with Crippen LogP contribution in [0.5, 0.6) is 0 Å². The monoisotopic (exact) mass is 358 g/mol. The van der Waals surface area contributed by atoms with Crippen LogP contribution in [0, 0.1) is 0 Å². The van der Waals surface area contributed by atoms with Crippen molar-refractivity contribution in [3.63, 3.8) is 0 Å². The van der Waals surface area contributed by atoms with Crippen molar-refractivity contribution in [2.24, 2.45) is 0 Å². The van der Waals surface area contributed by atoms with E-state index in [2.05, 4.69) is 20.4 Å². The van der Waals surface area contributed by atoms with Crippen LogP contribution >= 0.6 is 0 Å². The Morgan fingerprint density at radius 2 is 1.63 bits per heavy atom. The zero-order valence-corrected chi connectivity index (χ0v) is 14.6. The predicted molar refractivity (Wildman–Crippen MR) is 101 cm³/mol. The highest BCUT2D eigenvalue weighted by Gasteiger charge is 2.08. The highest BCUT2D eigenvalue weighted by Crippen LogP contribution is 2.10. The molecule has 3 aromatic heterocycles. The number of hydrogen-bond acceptors (Lipinski definition) is 4. The van der Waals surface area contributed by atoms with Gasteiger partial charge in [0.2, 0.25) is 0 Å². The number of nitrogens with zero attached hydrogens (tertiary/aromatic N) is 5. The molecule has 0 atom stereocenters. The standard InChI is InChI=1S/C20H18N6O/c27-20(18-3-1-16(2-4-18)13-25-12-10-22-15-25)23-19-7-11-26(24-19)14-17-5-8-21-9-6-17/h1-12,15H,13-14H2,(H,23,24,27). The lowest BCUT2D eigenvalue weighted by atomic mass is 10.1. The lowest BCUT2D eigenvalue weighted by Gasteiger charge is -2.05. The summed E-state index contributed by atoms with van der Waals surface area (Å²) in [4.78, 5) is 20.5. The fourth-order valence-corrected chi connectivity index (χ4v) is 2.73. The van der Waals surface area contributed by atoms with Crippen molar-refractivity contribution < 1.29 is 4.79 Å². The molecule has 1 amide bonds. The third-order valence-corrected chi connectivity index (χ3v) is 4.12. The van der Waals surface area contributed by atoms with Crippen LogP contribution in [0.2, 0.25) is 0 Å². The lowest BCUT2D eigenvalue weighted by molar-refractivity contribution is 0.102. The van der Waals surface area contributed by atoms with Gasteiger partial charge in [-0.1, -0.05) is 12.1 Å². The van der Waals surface area contributed by atoms with E-state index in [9.17, 15) is 4.79 Å². The number of aromatic nitrogens is 5. The van der Waals surface area contributed by atoms with Gasteiger partial charge in [-0.3, -0.25) is 14.5 Å². The summed E-state index contributed by atoms with van der Waals surface area (Å²) in [6.45, 7) is 1.35. The minimum absolute atomic E-state index is 0.182.